The molecule has 0 unspecified atom stereocenters. The van der Waals surface area contributed by atoms with E-state index in [1.54, 1.807) is 0 Å². The van der Waals surface area contributed by atoms with Gasteiger partial charge in [-0.2, -0.15) is 0 Å². The highest BCUT2D eigenvalue weighted by Gasteiger charge is 2.51. The van der Waals surface area contributed by atoms with Crippen LogP contribution in [-0.4, -0.2) is 23.5 Å². The van der Waals surface area contributed by atoms with Gasteiger partial charge in [0.1, 0.15) is 10.4 Å². The smallest absolute Gasteiger partial charge is 0.242 e. The lowest BCUT2D eigenvalue weighted by Crippen LogP contribution is -2.39. The van der Waals surface area contributed by atoms with Gasteiger partial charge >= 0.3 is 0 Å². The Bertz CT molecular complexity index is 549. The van der Waals surface area contributed by atoms with E-state index < -0.39 is 0 Å². The van der Waals surface area contributed by atoms with E-state index in [1.807, 2.05) is 6.07 Å². The van der Waals surface area contributed by atoms with Crippen LogP contribution in [-0.2, 0) is 4.79 Å². The van der Waals surface area contributed by atoms with E-state index in [-0.39, 0.29) is 24.4 Å². The molecule has 0 aromatic carbocycles. The number of nitrogens with one attached hydrogen (secondary N) is 2. The fourth-order valence-corrected chi connectivity index (χ4v) is 3.40. The maximum atomic E-state index is 12.3. The largest absolute Gasteiger partial charge is 0.309 e. The molecule has 3 atom stereocenters. The minimum Gasteiger partial charge on any atom is -0.309 e. The number of hydrogen-bond donors (Lipinski definition) is 2. The summed E-state index contributed by atoms with van der Waals surface area (Å²) in [4.78, 5) is 16.8. The first kappa shape index (κ1) is 14.3. The molecule has 108 valence electrons. The molecule has 2 saturated carbocycles. The zero-order valence-corrected chi connectivity index (χ0v) is 13.3. The summed E-state index contributed by atoms with van der Waals surface area (Å²) in [5, 5.41) is 6.33. The SMILES string of the molecule is Cl.O=C(Nc1nc(Br)ccc1C1CC1)[C@H]1NC[C@H]2C[C@H]21. The molecule has 4 nitrogen and oxygen atoms in total. The predicted octanol–water partition coefficient (Wildman–Crippen LogP) is 2.69. The number of carbonyl (C=O) groups is 1. The van der Waals surface area contributed by atoms with Crippen LogP contribution in [0, 0.1) is 11.8 Å². The summed E-state index contributed by atoms with van der Waals surface area (Å²) in [7, 11) is 0. The molecule has 0 bridgehead atoms. The van der Waals surface area contributed by atoms with Crippen molar-refractivity contribution in [2.75, 3.05) is 11.9 Å². The van der Waals surface area contributed by atoms with Gasteiger partial charge in [0.15, 0.2) is 0 Å². The molecule has 0 spiro atoms. The molecule has 1 aromatic rings. The molecule has 4 rings (SSSR count). The number of aromatic nitrogens is 1. The van der Waals surface area contributed by atoms with Crippen LogP contribution in [0.1, 0.15) is 30.7 Å². The molecule has 20 heavy (non-hydrogen) atoms. The summed E-state index contributed by atoms with van der Waals surface area (Å²) in [6.07, 6.45) is 3.61. The molecular weight excluding hydrogens is 342 g/mol. The zero-order chi connectivity index (χ0) is 13.0. The molecule has 2 aliphatic carbocycles. The Morgan fingerprint density at radius 1 is 1.40 bits per heavy atom. The fourth-order valence-electron chi connectivity index (χ4n) is 3.10. The maximum absolute atomic E-state index is 12.3. The number of hydrogen-bond acceptors (Lipinski definition) is 3. The first-order chi connectivity index (χ1) is 9.22. The minimum atomic E-state index is -0.0159. The van der Waals surface area contributed by atoms with Gasteiger partial charge in [0.05, 0.1) is 6.04 Å². The summed E-state index contributed by atoms with van der Waals surface area (Å²) in [6, 6.07) is 4.01. The van der Waals surface area contributed by atoms with Gasteiger partial charge in [0, 0.05) is 0 Å². The first-order valence-electron chi connectivity index (χ1n) is 6.93. The lowest BCUT2D eigenvalue weighted by molar-refractivity contribution is -0.118. The highest BCUT2D eigenvalue weighted by molar-refractivity contribution is 9.10. The van der Waals surface area contributed by atoms with E-state index in [0.29, 0.717) is 11.8 Å². The van der Waals surface area contributed by atoms with Crippen molar-refractivity contribution in [3.63, 3.8) is 0 Å². The zero-order valence-electron chi connectivity index (χ0n) is 10.9. The van der Waals surface area contributed by atoms with E-state index in [0.717, 1.165) is 22.9 Å². The van der Waals surface area contributed by atoms with Gasteiger partial charge in [-0.05, 0) is 71.1 Å². The standard InChI is InChI=1S/C14H16BrN3O.ClH/c15-11-4-3-9(7-1-2-7)13(17-11)18-14(19)12-10-5-8(10)6-16-12;/h3-4,7-8,10,12,16H,1-2,5-6H2,(H,17,18,19);1H/t8-,10-,12+;/m1./s1. The van der Waals surface area contributed by atoms with E-state index in [9.17, 15) is 4.79 Å². The van der Waals surface area contributed by atoms with Crippen molar-refractivity contribution in [1.29, 1.82) is 0 Å². The molecule has 6 heteroatoms. The molecule has 1 aromatic heterocycles. The van der Waals surface area contributed by atoms with Crippen LogP contribution >= 0.6 is 28.3 Å². The second-order valence-corrected chi connectivity index (χ2v) is 6.69. The first-order valence-corrected chi connectivity index (χ1v) is 7.72. The third kappa shape index (κ3) is 2.59. The highest BCUT2D eigenvalue weighted by atomic mass is 79.9. The van der Waals surface area contributed by atoms with Gasteiger partial charge < -0.3 is 10.6 Å². The Morgan fingerprint density at radius 3 is 2.80 bits per heavy atom. The van der Waals surface area contributed by atoms with Crippen molar-refractivity contribution in [3.8, 4) is 0 Å². The van der Waals surface area contributed by atoms with E-state index in [4.69, 9.17) is 0 Å². The monoisotopic (exact) mass is 357 g/mol. The Kier molecular flexibility index (Phi) is 3.77. The number of carbonyl (C=O) groups excluding carboxylic acids is 1. The lowest BCUT2D eigenvalue weighted by Gasteiger charge is -2.15. The van der Waals surface area contributed by atoms with Gasteiger partial charge in [-0.15, -0.1) is 12.4 Å². The average molecular weight is 359 g/mol. The Labute approximate surface area is 132 Å². The second-order valence-electron chi connectivity index (χ2n) is 5.88. The van der Waals surface area contributed by atoms with Crippen molar-refractivity contribution in [3.05, 3.63) is 22.3 Å². The molecule has 1 aliphatic heterocycles. The molecule has 2 heterocycles. The normalized spacial score (nSPS) is 30.4. The maximum Gasteiger partial charge on any atom is 0.242 e. The van der Waals surface area contributed by atoms with Gasteiger partial charge in [-0.1, -0.05) is 6.07 Å². The molecule has 3 fully saturated rings. The van der Waals surface area contributed by atoms with Crippen molar-refractivity contribution in [1.82, 2.24) is 10.3 Å². The summed E-state index contributed by atoms with van der Waals surface area (Å²) < 4.78 is 0.774. The van der Waals surface area contributed by atoms with Gasteiger partial charge in [-0.3, -0.25) is 4.79 Å². The van der Waals surface area contributed by atoms with E-state index in [2.05, 4.69) is 37.6 Å². The second kappa shape index (κ2) is 5.28. The summed E-state index contributed by atoms with van der Waals surface area (Å²) >= 11 is 3.38. The predicted molar refractivity (Wildman–Crippen MR) is 83.2 cm³/mol. The molecule has 1 amide bonds. The van der Waals surface area contributed by atoms with Crippen LogP contribution in [0.4, 0.5) is 5.82 Å². The van der Waals surface area contributed by atoms with Crippen LogP contribution in [0.15, 0.2) is 16.7 Å². The number of fused-ring (bicyclic) bond motifs is 1. The van der Waals surface area contributed by atoms with E-state index in [1.165, 1.54) is 24.8 Å². The van der Waals surface area contributed by atoms with Crippen LogP contribution in [0.3, 0.4) is 0 Å². The minimum absolute atomic E-state index is 0. The van der Waals surface area contributed by atoms with Crippen molar-refractivity contribution >= 4 is 40.1 Å². The summed E-state index contributed by atoms with van der Waals surface area (Å²) in [6.45, 7) is 0.990. The van der Waals surface area contributed by atoms with Crippen LogP contribution in [0.25, 0.3) is 0 Å². The number of rotatable bonds is 3. The van der Waals surface area contributed by atoms with Crippen molar-refractivity contribution in [2.24, 2.45) is 11.8 Å². The summed E-state index contributed by atoms with van der Waals surface area (Å²) in [5.41, 5.74) is 1.18. The molecule has 3 aliphatic rings. The fraction of sp³-hybridized carbons (Fsp3) is 0.571. The van der Waals surface area contributed by atoms with Crippen LogP contribution in [0.5, 0.6) is 0 Å². The van der Waals surface area contributed by atoms with Crippen molar-refractivity contribution < 1.29 is 4.79 Å². The Hall–Kier alpha value is -0.650. The third-order valence-corrected chi connectivity index (χ3v) is 4.88. The molecule has 2 N–H and O–H groups in total. The molecule has 0 radical (unpaired) electrons. The number of halogens is 2. The number of piperidine rings is 1. The number of pyridine rings is 1. The Balaban J connectivity index is 0.00000121. The number of nitrogens with zero attached hydrogens (tertiary/aromatic N) is 1. The number of amides is 1. The average Bonchev–Trinajstić information content (AvgIpc) is 3.29. The van der Waals surface area contributed by atoms with Crippen molar-refractivity contribution in [2.45, 2.75) is 31.2 Å². The summed E-state index contributed by atoms with van der Waals surface area (Å²) in [5.74, 6) is 2.69. The van der Waals surface area contributed by atoms with Gasteiger partial charge in [0.2, 0.25) is 5.91 Å². The third-order valence-electron chi connectivity index (χ3n) is 4.44. The lowest BCUT2D eigenvalue weighted by atomic mass is 10.1. The Morgan fingerprint density at radius 2 is 2.20 bits per heavy atom. The van der Waals surface area contributed by atoms with E-state index >= 15 is 0 Å². The van der Waals surface area contributed by atoms with Crippen LogP contribution < -0.4 is 10.6 Å². The van der Waals surface area contributed by atoms with Gasteiger partial charge in [-0.25, -0.2) is 4.98 Å². The van der Waals surface area contributed by atoms with Gasteiger partial charge in [0.25, 0.3) is 0 Å². The highest BCUT2D eigenvalue weighted by Crippen LogP contribution is 2.46. The topological polar surface area (TPSA) is 54.0 Å². The molecular formula is C14H17BrClN3O. The van der Waals surface area contributed by atoms with Crippen LogP contribution in [0.2, 0.25) is 0 Å². The number of anilines is 1. The quantitative estimate of drug-likeness (QED) is 0.817. The molecule has 1 saturated heterocycles.